The zero-order chi connectivity index (χ0) is 12.0. The summed E-state index contributed by atoms with van der Waals surface area (Å²) in [5, 5.41) is 2.19. The van der Waals surface area contributed by atoms with Gasteiger partial charge in [-0.05, 0) is 18.6 Å². The van der Waals surface area contributed by atoms with Crippen LogP contribution in [-0.4, -0.2) is 15.8 Å². The van der Waals surface area contributed by atoms with Crippen LogP contribution in [0.15, 0.2) is 30.5 Å². The normalized spacial score (nSPS) is 11.2. The number of benzene rings is 1. The van der Waals surface area contributed by atoms with Crippen molar-refractivity contribution in [2.45, 2.75) is 6.92 Å². The maximum Gasteiger partial charge on any atom is 0.166 e. The molecule has 0 N–H and O–H groups in total. The van der Waals surface area contributed by atoms with E-state index >= 15 is 0 Å². The van der Waals surface area contributed by atoms with Crippen molar-refractivity contribution in [3.63, 3.8) is 0 Å². The highest BCUT2D eigenvalue weighted by molar-refractivity contribution is 6.07. The molecule has 0 saturated carbocycles. The second kappa shape index (κ2) is 3.42. The molecule has 0 atom stereocenters. The Balaban J connectivity index is 2.63. The number of aryl methyl sites for hydroxylation is 2. The topological polar surface area (TPSA) is 34.9 Å². The Bertz CT molecular complexity index is 741. The van der Waals surface area contributed by atoms with Gasteiger partial charge in [0.25, 0.3) is 0 Å². The fraction of sp³-hybridized carbons (Fsp3) is 0.143. The average molecular weight is 224 g/mol. The van der Waals surface area contributed by atoms with Crippen LogP contribution >= 0.6 is 0 Å². The van der Waals surface area contributed by atoms with E-state index in [0.29, 0.717) is 0 Å². The summed E-state index contributed by atoms with van der Waals surface area (Å²) in [5.74, 6) is 0. The number of carbonyl (C=O) groups is 1. The molecule has 0 aliphatic rings. The number of nitrogens with zero attached hydrogens (tertiary/aromatic N) is 2. The molecule has 3 heteroatoms. The molecule has 2 aromatic heterocycles. The van der Waals surface area contributed by atoms with Gasteiger partial charge in [-0.3, -0.25) is 9.78 Å². The molecule has 3 nitrogen and oxygen atoms in total. The highest BCUT2D eigenvalue weighted by atomic mass is 16.1. The van der Waals surface area contributed by atoms with E-state index in [9.17, 15) is 4.79 Å². The number of fused-ring (bicyclic) bond motifs is 3. The number of rotatable bonds is 1. The van der Waals surface area contributed by atoms with Crippen LogP contribution in [0.25, 0.3) is 21.8 Å². The summed E-state index contributed by atoms with van der Waals surface area (Å²) in [7, 11) is 1.91. The van der Waals surface area contributed by atoms with Crippen molar-refractivity contribution >= 4 is 28.1 Å². The van der Waals surface area contributed by atoms with Gasteiger partial charge in [0.1, 0.15) is 0 Å². The molecule has 1 aromatic carbocycles. The molecule has 3 aromatic rings. The summed E-state index contributed by atoms with van der Waals surface area (Å²) >= 11 is 0. The van der Waals surface area contributed by atoms with Crippen molar-refractivity contribution < 1.29 is 4.79 Å². The zero-order valence-electron chi connectivity index (χ0n) is 9.77. The summed E-state index contributed by atoms with van der Waals surface area (Å²) in [5.41, 5.74) is 3.72. The van der Waals surface area contributed by atoms with E-state index in [4.69, 9.17) is 0 Å². The highest BCUT2D eigenvalue weighted by Gasteiger charge is 2.13. The lowest BCUT2D eigenvalue weighted by Gasteiger charge is -2.02. The van der Waals surface area contributed by atoms with Crippen LogP contribution in [0.2, 0.25) is 0 Å². The monoisotopic (exact) mass is 224 g/mol. The number of aldehydes is 1. The summed E-state index contributed by atoms with van der Waals surface area (Å²) in [6.45, 7) is 1.97. The molecule has 17 heavy (non-hydrogen) atoms. The summed E-state index contributed by atoms with van der Waals surface area (Å²) in [6, 6.07) is 8.06. The Morgan fingerprint density at radius 3 is 2.88 bits per heavy atom. The van der Waals surface area contributed by atoms with E-state index in [1.54, 1.807) is 6.20 Å². The first kappa shape index (κ1) is 10.0. The Morgan fingerprint density at radius 1 is 1.29 bits per heavy atom. The molecule has 84 valence electrons. The predicted octanol–water partition coefficient (Wildman–Crippen LogP) is 2.85. The number of hydrogen-bond acceptors (Lipinski definition) is 2. The second-order valence-electron chi connectivity index (χ2n) is 4.22. The molecule has 0 amide bonds. The van der Waals surface area contributed by atoms with Crippen molar-refractivity contribution in [3.8, 4) is 0 Å². The number of hydrogen-bond donors (Lipinski definition) is 0. The van der Waals surface area contributed by atoms with E-state index < -0.39 is 0 Å². The van der Waals surface area contributed by atoms with Crippen molar-refractivity contribution in [1.82, 2.24) is 9.55 Å². The minimum Gasteiger partial charge on any atom is -0.339 e. The fourth-order valence-electron chi connectivity index (χ4n) is 2.45. The molecule has 3 rings (SSSR count). The van der Waals surface area contributed by atoms with Crippen LogP contribution in [0.1, 0.15) is 16.1 Å². The highest BCUT2D eigenvalue weighted by Crippen LogP contribution is 2.29. The summed E-state index contributed by atoms with van der Waals surface area (Å²) in [6.07, 6.45) is 2.69. The molecule has 0 bridgehead atoms. The Morgan fingerprint density at radius 2 is 2.12 bits per heavy atom. The van der Waals surface area contributed by atoms with Gasteiger partial charge in [-0.25, -0.2) is 0 Å². The van der Waals surface area contributed by atoms with Crippen LogP contribution < -0.4 is 0 Å². The van der Waals surface area contributed by atoms with Gasteiger partial charge in [-0.15, -0.1) is 0 Å². The number of carbonyl (C=O) groups excluding carboxylic acids is 1. The van der Waals surface area contributed by atoms with E-state index in [2.05, 4.69) is 11.1 Å². The number of pyridine rings is 1. The minimum absolute atomic E-state index is 0.721. The van der Waals surface area contributed by atoms with Crippen LogP contribution in [0, 0.1) is 6.92 Å². The molecule has 0 fully saturated rings. The van der Waals surface area contributed by atoms with E-state index in [1.807, 2.05) is 36.7 Å². The van der Waals surface area contributed by atoms with Crippen molar-refractivity contribution in [1.29, 1.82) is 0 Å². The molecular formula is C14H12N2O. The largest absolute Gasteiger partial charge is 0.339 e. The maximum absolute atomic E-state index is 11.1. The predicted molar refractivity (Wildman–Crippen MR) is 68.3 cm³/mol. The molecule has 0 spiro atoms. The minimum atomic E-state index is 0.721. The van der Waals surface area contributed by atoms with Gasteiger partial charge in [0.15, 0.2) is 6.29 Å². The van der Waals surface area contributed by atoms with Gasteiger partial charge in [0.05, 0.1) is 16.7 Å². The van der Waals surface area contributed by atoms with Gasteiger partial charge < -0.3 is 4.57 Å². The lowest BCUT2D eigenvalue weighted by atomic mass is 10.1. The van der Waals surface area contributed by atoms with Crippen molar-refractivity contribution in [2.75, 3.05) is 0 Å². The van der Waals surface area contributed by atoms with Crippen molar-refractivity contribution in [2.24, 2.45) is 7.05 Å². The van der Waals surface area contributed by atoms with Gasteiger partial charge in [0, 0.05) is 24.0 Å². The third kappa shape index (κ3) is 1.22. The Hall–Kier alpha value is -2.16. The average Bonchev–Trinajstić information content (AvgIpc) is 2.61. The smallest absolute Gasteiger partial charge is 0.166 e. The van der Waals surface area contributed by atoms with Crippen LogP contribution in [0.4, 0.5) is 0 Å². The van der Waals surface area contributed by atoms with Gasteiger partial charge in [-0.1, -0.05) is 18.2 Å². The molecule has 0 aliphatic heterocycles. The quantitative estimate of drug-likeness (QED) is 0.596. The first-order chi connectivity index (χ1) is 8.24. The third-order valence-electron chi connectivity index (χ3n) is 3.34. The SMILES string of the molecule is Cc1c(C=O)n(C)c2c1ccc1cccnc12. The lowest BCUT2D eigenvalue weighted by Crippen LogP contribution is -1.95. The molecule has 0 aliphatic carbocycles. The van der Waals surface area contributed by atoms with Gasteiger partial charge in [-0.2, -0.15) is 0 Å². The Labute approximate surface area is 98.7 Å². The molecule has 0 unspecified atom stereocenters. The molecular weight excluding hydrogens is 212 g/mol. The van der Waals surface area contributed by atoms with E-state index in [1.165, 1.54) is 0 Å². The van der Waals surface area contributed by atoms with Crippen LogP contribution in [-0.2, 0) is 7.05 Å². The van der Waals surface area contributed by atoms with E-state index in [0.717, 1.165) is 39.3 Å². The summed E-state index contributed by atoms with van der Waals surface area (Å²) in [4.78, 5) is 15.5. The fourth-order valence-corrected chi connectivity index (χ4v) is 2.45. The standard InChI is InChI=1S/C14H12N2O/c1-9-11-6-5-10-4-3-7-15-13(10)14(11)16(2)12(9)8-17/h3-8H,1-2H3. The Kier molecular flexibility index (Phi) is 2.01. The lowest BCUT2D eigenvalue weighted by molar-refractivity contribution is 0.111. The van der Waals surface area contributed by atoms with Gasteiger partial charge in [0.2, 0.25) is 0 Å². The second-order valence-corrected chi connectivity index (χ2v) is 4.22. The first-order valence-corrected chi connectivity index (χ1v) is 5.52. The first-order valence-electron chi connectivity index (χ1n) is 5.52. The molecule has 0 radical (unpaired) electrons. The van der Waals surface area contributed by atoms with Crippen LogP contribution in [0.3, 0.4) is 0 Å². The number of aromatic nitrogens is 2. The van der Waals surface area contributed by atoms with Crippen LogP contribution in [0.5, 0.6) is 0 Å². The zero-order valence-corrected chi connectivity index (χ0v) is 9.77. The third-order valence-corrected chi connectivity index (χ3v) is 3.34. The van der Waals surface area contributed by atoms with Gasteiger partial charge >= 0.3 is 0 Å². The molecule has 2 heterocycles. The van der Waals surface area contributed by atoms with Crippen molar-refractivity contribution in [3.05, 3.63) is 41.7 Å². The molecule has 0 saturated heterocycles. The van der Waals surface area contributed by atoms with E-state index in [-0.39, 0.29) is 0 Å². The maximum atomic E-state index is 11.1. The summed E-state index contributed by atoms with van der Waals surface area (Å²) < 4.78 is 1.92.